The minimum atomic E-state index is -0.481. The molecular weight excluding hydrogens is 330 g/mol. The molecule has 1 N–H and O–H groups in total. The van der Waals surface area contributed by atoms with E-state index >= 15 is 0 Å². The summed E-state index contributed by atoms with van der Waals surface area (Å²) in [6.45, 7) is 4.60. The number of halogens is 1. The third kappa shape index (κ3) is 3.02. The van der Waals surface area contributed by atoms with Crippen LogP contribution in [0.15, 0.2) is 12.4 Å². The zero-order valence-corrected chi connectivity index (χ0v) is 14.9. The summed E-state index contributed by atoms with van der Waals surface area (Å²) in [5.74, 6) is 0.114. The number of nitrogens with one attached hydrogen (secondary N) is 1. The van der Waals surface area contributed by atoms with E-state index in [1.807, 2.05) is 18.9 Å². The molecule has 2 saturated heterocycles. The van der Waals surface area contributed by atoms with E-state index in [0.29, 0.717) is 31.0 Å². The molecule has 24 heavy (non-hydrogen) atoms. The van der Waals surface area contributed by atoms with Gasteiger partial charge in [0.05, 0.1) is 11.2 Å². The lowest BCUT2D eigenvalue weighted by molar-refractivity contribution is -0.143. The van der Waals surface area contributed by atoms with E-state index < -0.39 is 11.6 Å². The predicted octanol–water partition coefficient (Wildman–Crippen LogP) is 0.910. The number of hydrogen-bond donors (Lipinski definition) is 1. The number of amides is 2. The molecule has 0 bridgehead atoms. The predicted molar refractivity (Wildman–Crippen MR) is 90.7 cm³/mol. The van der Waals surface area contributed by atoms with Crippen LogP contribution in [0.1, 0.15) is 32.2 Å². The Morgan fingerprint density at radius 3 is 2.71 bits per heavy atom. The van der Waals surface area contributed by atoms with Crippen molar-refractivity contribution in [2.24, 2.45) is 0 Å². The van der Waals surface area contributed by atoms with Crippen LogP contribution in [0.2, 0.25) is 5.02 Å². The second-order valence-electron chi connectivity index (χ2n) is 6.70. The second-order valence-corrected chi connectivity index (χ2v) is 7.14. The molecule has 2 fully saturated rings. The molecule has 2 aliphatic heterocycles. The number of piperidine rings is 1. The fraction of sp³-hybridized carbons (Fsp3) is 0.688. The third-order valence-electron chi connectivity index (χ3n) is 5.34. The number of likely N-dealkylation sites (tertiary alicyclic amines) is 1. The molecule has 132 valence electrons. The molecule has 3 heterocycles. The Hall–Kier alpha value is -1.60. The molecule has 1 unspecified atom stereocenters. The highest BCUT2D eigenvalue weighted by molar-refractivity contribution is 6.30. The summed E-state index contributed by atoms with van der Waals surface area (Å²) in [4.78, 5) is 29.3. The van der Waals surface area contributed by atoms with Crippen LogP contribution in [-0.2, 0) is 9.59 Å². The standard InChI is InChI=1S/C16H24ClN5O2/c1-12(22-11-13(17)10-19-22)14(23)21-8-4-16(5-9-21)15(24)18-6-3-7-20(16)2/h10-12H,3-9H2,1-2H3,(H,18,24). The van der Waals surface area contributed by atoms with Crippen molar-refractivity contribution in [1.82, 2.24) is 24.9 Å². The molecule has 2 amide bonds. The first-order valence-corrected chi connectivity index (χ1v) is 8.80. The first kappa shape index (κ1) is 17.2. The molecule has 7 nitrogen and oxygen atoms in total. The van der Waals surface area contributed by atoms with Crippen molar-refractivity contribution in [3.63, 3.8) is 0 Å². The summed E-state index contributed by atoms with van der Waals surface area (Å²) in [5.41, 5.74) is -0.481. The fourth-order valence-corrected chi connectivity index (χ4v) is 3.82. The van der Waals surface area contributed by atoms with Crippen LogP contribution in [0.5, 0.6) is 0 Å². The Labute approximate surface area is 146 Å². The van der Waals surface area contributed by atoms with Gasteiger partial charge in [-0.3, -0.25) is 19.2 Å². The van der Waals surface area contributed by atoms with Crippen LogP contribution in [0.25, 0.3) is 0 Å². The smallest absolute Gasteiger partial charge is 0.247 e. The normalized spacial score (nSPS) is 23.0. The molecule has 0 aliphatic carbocycles. The Balaban J connectivity index is 1.67. The van der Waals surface area contributed by atoms with E-state index in [-0.39, 0.29) is 11.8 Å². The van der Waals surface area contributed by atoms with Gasteiger partial charge in [0.1, 0.15) is 11.6 Å². The maximum Gasteiger partial charge on any atom is 0.247 e. The molecule has 0 aromatic carbocycles. The average molecular weight is 354 g/mol. The van der Waals surface area contributed by atoms with Crippen molar-refractivity contribution in [3.05, 3.63) is 17.4 Å². The fourth-order valence-electron chi connectivity index (χ4n) is 3.68. The number of hydrogen-bond acceptors (Lipinski definition) is 4. The topological polar surface area (TPSA) is 70.5 Å². The number of nitrogens with zero attached hydrogens (tertiary/aromatic N) is 4. The van der Waals surface area contributed by atoms with Crippen LogP contribution in [0.4, 0.5) is 0 Å². The van der Waals surface area contributed by atoms with Gasteiger partial charge in [-0.15, -0.1) is 0 Å². The summed E-state index contributed by atoms with van der Waals surface area (Å²) in [6.07, 6.45) is 5.47. The van der Waals surface area contributed by atoms with Crippen LogP contribution >= 0.6 is 11.6 Å². The lowest BCUT2D eigenvalue weighted by atomic mass is 9.85. The van der Waals surface area contributed by atoms with Gasteiger partial charge in [0.2, 0.25) is 11.8 Å². The summed E-state index contributed by atoms with van der Waals surface area (Å²) in [6, 6.07) is -0.396. The molecule has 3 rings (SSSR count). The van der Waals surface area contributed by atoms with E-state index in [1.54, 1.807) is 10.9 Å². The van der Waals surface area contributed by atoms with Gasteiger partial charge in [0, 0.05) is 32.4 Å². The highest BCUT2D eigenvalue weighted by Gasteiger charge is 2.46. The first-order chi connectivity index (χ1) is 11.4. The number of rotatable bonds is 2. The largest absolute Gasteiger partial charge is 0.354 e. The molecule has 0 radical (unpaired) electrons. The van der Waals surface area contributed by atoms with Gasteiger partial charge in [-0.25, -0.2) is 0 Å². The van der Waals surface area contributed by atoms with Crippen molar-refractivity contribution in [2.45, 2.75) is 37.8 Å². The summed E-state index contributed by atoms with van der Waals surface area (Å²) in [7, 11) is 2.01. The maximum absolute atomic E-state index is 12.7. The SMILES string of the molecule is CC(C(=O)N1CCC2(CC1)C(=O)NCCCN2C)n1cc(Cl)cn1. The van der Waals surface area contributed by atoms with E-state index in [9.17, 15) is 9.59 Å². The van der Waals surface area contributed by atoms with Gasteiger partial charge in [-0.05, 0) is 33.2 Å². The van der Waals surface area contributed by atoms with Gasteiger partial charge in [-0.1, -0.05) is 11.6 Å². The Morgan fingerprint density at radius 1 is 1.38 bits per heavy atom. The van der Waals surface area contributed by atoms with Crippen LogP contribution < -0.4 is 5.32 Å². The van der Waals surface area contributed by atoms with Crippen molar-refractivity contribution in [3.8, 4) is 0 Å². The third-order valence-corrected chi connectivity index (χ3v) is 5.53. The number of carbonyl (C=O) groups is 2. The molecule has 8 heteroatoms. The number of carbonyl (C=O) groups excluding carboxylic acids is 2. The summed E-state index contributed by atoms with van der Waals surface area (Å²) in [5, 5.41) is 7.65. The Bertz CT molecular complexity index is 624. The zero-order chi connectivity index (χ0) is 17.3. The molecule has 1 aromatic heterocycles. The van der Waals surface area contributed by atoms with Crippen LogP contribution in [0, 0.1) is 0 Å². The van der Waals surface area contributed by atoms with E-state index in [4.69, 9.17) is 11.6 Å². The van der Waals surface area contributed by atoms with Crippen molar-refractivity contribution in [2.75, 3.05) is 33.2 Å². The first-order valence-electron chi connectivity index (χ1n) is 8.42. The summed E-state index contributed by atoms with van der Waals surface area (Å²) < 4.78 is 1.58. The van der Waals surface area contributed by atoms with Crippen LogP contribution in [0.3, 0.4) is 0 Å². The zero-order valence-electron chi connectivity index (χ0n) is 14.2. The van der Waals surface area contributed by atoms with Gasteiger partial charge < -0.3 is 10.2 Å². The monoisotopic (exact) mass is 353 g/mol. The van der Waals surface area contributed by atoms with E-state index in [1.165, 1.54) is 6.20 Å². The van der Waals surface area contributed by atoms with Gasteiger partial charge >= 0.3 is 0 Å². The molecule has 0 saturated carbocycles. The Morgan fingerprint density at radius 2 is 2.08 bits per heavy atom. The lowest BCUT2D eigenvalue weighted by Crippen LogP contribution is -2.61. The van der Waals surface area contributed by atoms with E-state index in [2.05, 4.69) is 15.3 Å². The quantitative estimate of drug-likeness (QED) is 0.858. The highest BCUT2D eigenvalue weighted by atomic mass is 35.5. The maximum atomic E-state index is 12.7. The van der Waals surface area contributed by atoms with Gasteiger partial charge in [0.25, 0.3) is 0 Å². The van der Waals surface area contributed by atoms with E-state index in [0.717, 1.165) is 19.5 Å². The van der Waals surface area contributed by atoms with Gasteiger partial charge in [0.15, 0.2) is 0 Å². The minimum absolute atomic E-state index is 0.0151. The molecule has 1 aromatic rings. The van der Waals surface area contributed by atoms with Crippen molar-refractivity contribution < 1.29 is 9.59 Å². The molecule has 1 spiro atoms. The van der Waals surface area contributed by atoms with Crippen molar-refractivity contribution >= 4 is 23.4 Å². The second kappa shape index (κ2) is 6.72. The number of aromatic nitrogens is 2. The van der Waals surface area contributed by atoms with Crippen LogP contribution in [-0.4, -0.2) is 70.2 Å². The minimum Gasteiger partial charge on any atom is -0.354 e. The molecular formula is C16H24ClN5O2. The Kier molecular flexibility index (Phi) is 4.83. The number of likely N-dealkylation sites (N-methyl/N-ethyl adjacent to an activating group) is 1. The lowest BCUT2D eigenvalue weighted by Gasteiger charge is -2.45. The highest BCUT2D eigenvalue weighted by Crippen LogP contribution is 2.30. The van der Waals surface area contributed by atoms with Gasteiger partial charge in [-0.2, -0.15) is 5.10 Å². The average Bonchev–Trinajstić information content (AvgIpc) is 2.98. The molecule has 1 atom stereocenters. The molecule has 2 aliphatic rings. The summed E-state index contributed by atoms with van der Waals surface area (Å²) >= 11 is 5.88. The van der Waals surface area contributed by atoms with Crippen molar-refractivity contribution in [1.29, 1.82) is 0 Å².